The molecule has 0 bridgehead atoms. The molecule has 0 aromatic carbocycles. The number of carbonyl (C=O) groups excluding carboxylic acids is 3. The fourth-order valence-corrected chi connectivity index (χ4v) is 4.67. The van der Waals surface area contributed by atoms with Crippen molar-refractivity contribution in [2.75, 3.05) is 13.1 Å². The summed E-state index contributed by atoms with van der Waals surface area (Å²) in [5, 5.41) is 8.56. The second kappa shape index (κ2) is 6.20. The number of alkyl halides is 3. The quantitative estimate of drug-likeness (QED) is 0.720. The lowest BCUT2D eigenvalue weighted by atomic mass is 9.80. The SMILES string of the molecule is C[C@H](C(=O)N1C[C@H]2CCc3c(C(F)(F)F)n[nH]c3[C@H]2C1)N1C(=O)NC(C)(C)C1=O. The van der Waals surface area contributed by atoms with Crippen molar-refractivity contribution in [1.29, 1.82) is 0 Å². The van der Waals surface area contributed by atoms with Crippen LogP contribution in [0.15, 0.2) is 0 Å². The Morgan fingerprint density at radius 1 is 1.28 bits per heavy atom. The molecular weight excluding hydrogens is 391 g/mol. The highest BCUT2D eigenvalue weighted by Gasteiger charge is 2.50. The van der Waals surface area contributed by atoms with E-state index >= 15 is 0 Å². The maximum atomic E-state index is 13.2. The summed E-state index contributed by atoms with van der Waals surface area (Å²) >= 11 is 0. The molecule has 2 N–H and O–H groups in total. The Labute approximate surface area is 164 Å². The molecule has 1 aromatic heterocycles. The number of hydrogen-bond acceptors (Lipinski definition) is 4. The molecule has 3 atom stereocenters. The number of nitrogens with one attached hydrogen (secondary N) is 2. The number of likely N-dealkylation sites (tertiary alicyclic amines) is 1. The third-order valence-corrected chi connectivity index (χ3v) is 6.19. The summed E-state index contributed by atoms with van der Waals surface area (Å²) in [6, 6.07) is -1.61. The predicted octanol–water partition coefficient (Wildman–Crippen LogP) is 1.64. The lowest BCUT2D eigenvalue weighted by Gasteiger charge is -2.26. The number of urea groups is 1. The van der Waals surface area contributed by atoms with E-state index in [0.717, 1.165) is 4.90 Å². The Morgan fingerprint density at radius 3 is 2.55 bits per heavy atom. The minimum atomic E-state index is -4.52. The van der Waals surface area contributed by atoms with Crippen molar-refractivity contribution in [3.05, 3.63) is 17.0 Å². The van der Waals surface area contributed by atoms with Gasteiger partial charge < -0.3 is 10.2 Å². The highest BCUT2D eigenvalue weighted by molar-refractivity contribution is 6.09. The second-order valence-corrected chi connectivity index (χ2v) is 8.52. The first-order chi connectivity index (χ1) is 13.4. The van der Waals surface area contributed by atoms with E-state index in [1.807, 2.05) is 0 Å². The van der Waals surface area contributed by atoms with Crippen molar-refractivity contribution in [3.8, 4) is 0 Å². The van der Waals surface area contributed by atoms with Gasteiger partial charge in [0.05, 0.1) is 0 Å². The number of imide groups is 1. The van der Waals surface area contributed by atoms with E-state index < -0.39 is 41.3 Å². The number of amides is 4. The number of carbonyl (C=O) groups is 3. The van der Waals surface area contributed by atoms with Gasteiger partial charge in [-0.2, -0.15) is 18.3 Å². The molecule has 2 saturated heterocycles. The van der Waals surface area contributed by atoms with E-state index in [9.17, 15) is 27.6 Å². The van der Waals surface area contributed by atoms with Gasteiger partial charge in [-0.15, -0.1) is 0 Å². The number of nitrogens with zero attached hydrogens (tertiary/aromatic N) is 3. The first kappa shape index (κ1) is 19.7. The Balaban J connectivity index is 1.53. The molecule has 3 aliphatic rings. The van der Waals surface area contributed by atoms with Gasteiger partial charge in [-0.1, -0.05) is 0 Å². The van der Waals surface area contributed by atoms with E-state index in [4.69, 9.17) is 0 Å². The fraction of sp³-hybridized carbons (Fsp3) is 0.667. The van der Waals surface area contributed by atoms with Crippen LogP contribution in [0.3, 0.4) is 0 Å². The minimum Gasteiger partial charge on any atom is -0.340 e. The van der Waals surface area contributed by atoms with Gasteiger partial charge >= 0.3 is 12.2 Å². The first-order valence-electron chi connectivity index (χ1n) is 9.50. The second-order valence-electron chi connectivity index (χ2n) is 8.52. The van der Waals surface area contributed by atoms with E-state index in [0.29, 0.717) is 18.7 Å². The molecule has 29 heavy (non-hydrogen) atoms. The highest BCUT2D eigenvalue weighted by atomic mass is 19.4. The van der Waals surface area contributed by atoms with Crippen LogP contribution in [0.4, 0.5) is 18.0 Å². The molecule has 11 heteroatoms. The fourth-order valence-electron chi connectivity index (χ4n) is 4.67. The molecule has 1 aliphatic carbocycles. The lowest BCUT2D eigenvalue weighted by Crippen LogP contribution is -2.50. The molecule has 2 aliphatic heterocycles. The van der Waals surface area contributed by atoms with Crippen molar-refractivity contribution in [2.45, 2.75) is 57.3 Å². The largest absolute Gasteiger partial charge is 0.435 e. The van der Waals surface area contributed by atoms with E-state index in [1.54, 1.807) is 13.8 Å². The van der Waals surface area contributed by atoms with Crippen molar-refractivity contribution in [3.63, 3.8) is 0 Å². The predicted molar refractivity (Wildman–Crippen MR) is 93.6 cm³/mol. The van der Waals surface area contributed by atoms with Gasteiger partial charge in [0.15, 0.2) is 5.69 Å². The summed E-state index contributed by atoms with van der Waals surface area (Å²) in [7, 11) is 0. The smallest absolute Gasteiger partial charge is 0.340 e. The average molecular weight is 413 g/mol. The van der Waals surface area contributed by atoms with Crippen molar-refractivity contribution in [1.82, 2.24) is 25.3 Å². The normalized spacial score (nSPS) is 27.0. The Bertz CT molecular complexity index is 894. The first-order valence-corrected chi connectivity index (χ1v) is 9.50. The van der Waals surface area contributed by atoms with Crippen LogP contribution in [0.5, 0.6) is 0 Å². The zero-order valence-corrected chi connectivity index (χ0v) is 16.3. The molecule has 2 fully saturated rings. The molecule has 0 radical (unpaired) electrons. The summed E-state index contributed by atoms with van der Waals surface area (Å²) in [6.45, 7) is 5.22. The van der Waals surface area contributed by atoms with Crippen LogP contribution in [-0.2, 0) is 22.2 Å². The van der Waals surface area contributed by atoms with Crippen molar-refractivity contribution < 1.29 is 27.6 Å². The standard InChI is InChI=1S/C18H22F3N5O3/c1-8(26-15(28)17(2,3)22-16(26)29)14(27)25-6-9-4-5-10-12(11(9)7-25)23-24-13(10)18(19,20)21/h8-9,11H,4-7H2,1-3H3,(H,22,29)(H,23,24)/t8-,9-,11+/m1/s1. The maximum Gasteiger partial charge on any atom is 0.435 e. The molecule has 4 rings (SSSR count). The monoisotopic (exact) mass is 413 g/mol. The summed E-state index contributed by atoms with van der Waals surface area (Å²) < 4.78 is 39.5. The van der Waals surface area contributed by atoms with Crippen molar-refractivity contribution >= 4 is 17.8 Å². The third kappa shape index (κ3) is 2.98. The van der Waals surface area contributed by atoms with E-state index in [1.165, 1.54) is 11.8 Å². The van der Waals surface area contributed by atoms with Gasteiger partial charge in [-0.05, 0) is 39.5 Å². The molecule has 3 heterocycles. The molecule has 4 amide bonds. The number of H-pyrrole nitrogens is 1. The minimum absolute atomic E-state index is 0.0136. The highest BCUT2D eigenvalue weighted by Crippen LogP contribution is 2.44. The molecule has 158 valence electrons. The zero-order valence-electron chi connectivity index (χ0n) is 16.3. The van der Waals surface area contributed by atoms with E-state index in [2.05, 4.69) is 15.5 Å². The molecule has 0 spiro atoms. The lowest BCUT2D eigenvalue weighted by molar-refractivity contribution is -0.141. The van der Waals surface area contributed by atoms with Crippen LogP contribution < -0.4 is 5.32 Å². The maximum absolute atomic E-state index is 13.2. The number of hydrogen-bond donors (Lipinski definition) is 2. The summed E-state index contributed by atoms with van der Waals surface area (Å²) in [4.78, 5) is 40.1. The van der Waals surface area contributed by atoms with Crippen LogP contribution in [0.25, 0.3) is 0 Å². The number of fused-ring (bicyclic) bond motifs is 3. The van der Waals surface area contributed by atoms with Crippen LogP contribution in [0, 0.1) is 5.92 Å². The van der Waals surface area contributed by atoms with Crippen LogP contribution in [0.1, 0.15) is 50.1 Å². The number of aromatic amines is 1. The van der Waals surface area contributed by atoms with Gasteiger partial charge in [-0.3, -0.25) is 14.7 Å². The number of aromatic nitrogens is 2. The van der Waals surface area contributed by atoms with Crippen LogP contribution in [-0.4, -0.2) is 62.5 Å². The number of rotatable bonds is 2. The molecule has 0 unspecified atom stereocenters. The van der Waals surface area contributed by atoms with Crippen LogP contribution >= 0.6 is 0 Å². The molecule has 0 saturated carbocycles. The molecule has 1 aromatic rings. The van der Waals surface area contributed by atoms with Gasteiger partial charge in [0.25, 0.3) is 5.91 Å². The van der Waals surface area contributed by atoms with Gasteiger partial charge in [0, 0.05) is 30.3 Å². The molecule has 8 nitrogen and oxygen atoms in total. The summed E-state index contributed by atoms with van der Waals surface area (Å²) in [5.74, 6) is -1.12. The third-order valence-electron chi connectivity index (χ3n) is 6.19. The molecular formula is C18H22F3N5O3. The zero-order chi connectivity index (χ0) is 21.3. The average Bonchev–Trinajstić information content (AvgIpc) is 3.27. The van der Waals surface area contributed by atoms with Crippen molar-refractivity contribution in [2.24, 2.45) is 5.92 Å². The summed E-state index contributed by atoms with van der Waals surface area (Å²) in [5.41, 5.74) is -1.35. The topological polar surface area (TPSA) is 98.4 Å². The summed E-state index contributed by atoms with van der Waals surface area (Å²) in [6.07, 6.45) is -3.74. The Hall–Kier alpha value is -2.59. The van der Waals surface area contributed by atoms with Crippen LogP contribution in [0.2, 0.25) is 0 Å². The van der Waals surface area contributed by atoms with Gasteiger partial charge in [0.2, 0.25) is 5.91 Å². The van der Waals surface area contributed by atoms with Gasteiger partial charge in [-0.25, -0.2) is 9.69 Å². The van der Waals surface area contributed by atoms with E-state index in [-0.39, 0.29) is 30.4 Å². The Morgan fingerprint density at radius 2 is 1.97 bits per heavy atom. The Kier molecular flexibility index (Phi) is 4.22. The number of halogens is 3. The van der Waals surface area contributed by atoms with Gasteiger partial charge in [0.1, 0.15) is 11.6 Å².